The Bertz CT molecular complexity index is 755. The Morgan fingerprint density at radius 2 is 0.828 bits per heavy atom. The Morgan fingerprint density at radius 1 is 0.586 bits per heavy atom. The molecule has 2 N–H and O–H groups in total. The van der Waals surface area contributed by atoms with E-state index in [9.17, 15) is 29.7 Å². The van der Waals surface area contributed by atoms with Crippen LogP contribution in [0.3, 0.4) is 0 Å². The van der Waals surface area contributed by atoms with Crippen LogP contribution in [0.4, 0.5) is 0 Å². The van der Waals surface area contributed by atoms with Gasteiger partial charge in [-0.25, -0.2) is 0 Å². The summed E-state index contributed by atoms with van der Waals surface area (Å²) in [5, 5.41) is 30.1. The van der Waals surface area contributed by atoms with Crippen molar-refractivity contribution < 1.29 is 53.7 Å². The number of carbonyl (C=O) groups excluding carboxylic acids is 3. The summed E-state index contributed by atoms with van der Waals surface area (Å²) >= 11 is 0. The molecule has 0 unspecified atom stereocenters. The SMILES string of the molecule is O.O=C([O-])c1ccccn1.O=C([O-])c1ccccn1.O=C([O-])c1ccccn1.[H+].[Mn+2]. The fourth-order valence-corrected chi connectivity index (χ4v) is 1.45. The van der Waals surface area contributed by atoms with E-state index >= 15 is 0 Å². The first-order valence-corrected chi connectivity index (χ1v) is 7.29. The van der Waals surface area contributed by atoms with Crippen LogP contribution in [0.1, 0.15) is 32.9 Å². The molecule has 0 saturated carbocycles. The van der Waals surface area contributed by atoms with Gasteiger partial charge in [-0.15, -0.1) is 0 Å². The monoisotopic (exact) mass is 440 g/mol. The zero-order valence-electron chi connectivity index (χ0n) is 15.6. The van der Waals surface area contributed by atoms with E-state index in [-0.39, 0.29) is 41.1 Å². The summed E-state index contributed by atoms with van der Waals surface area (Å²) in [5.74, 6) is -3.72. The molecule has 0 aliphatic rings. The number of pyridine rings is 3. The predicted octanol–water partition coefficient (Wildman–Crippen LogP) is -2.38. The normalized spacial score (nSPS) is 8.28. The molecule has 0 saturated heterocycles. The van der Waals surface area contributed by atoms with Gasteiger partial charge >= 0.3 is 18.5 Å². The summed E-state index contributed by atoms with van der Waals surface area (Å²) in [6.45, 7) is 0. The smallest absolute Gasteiger partial charge is 0.543 e. The first kappa shape index (κ1) is 27.6. The van der Waals surface area contributed by atoms with E-state index in [1.54, 1.807) is 36.4 Å². The number of carboxylic acids is 3. The van der Waals surface area contributed by atoms with Gasteiger partial charge in [0, 0.05) is 18.6 Å². The van der Waals surface area contributed by atoms with Gasteiger partial charge in [-0.1, -0.05) is 18.2 Å². The van der Waals surface area contributed by atoms with Crippen LogP contribution in [0.2, 0.25) is 0 Å². The molecule has 3 rings (SSSR count). The topological polar surface area (TPSA) is 191 Å². The number of hydrogen-bond acceptors (Lipinski definition) is 9. The van der Waals surface area contributed by atoms with Crippen LogP contribution in [0, 0.1) is 0 Å². The molecule has 0 amide bonds. The molecule has 3 aromatic heterocycles. The Hall–Kier alpha value is -3.66. The minimum Gasteiger partial charge on any atom is -0.543 e. The molecule has 0 aromatic carbocycles. The Morgan fingerprint density at radius 3 is 0.931 bits per heavy atom. The van der Waals surface area contributed by atoms with Gasteiger partial charge in [0.1, 0.15) is 0 Å². The maximum Gasteiger partial charge on any atom is 2.00 e. The first-order valence-electron chi connectivity index (χ1n) is 7.29. The largest absolute Gasteiger partial charge is 2.00 e. The zero-order chi connectivity index (χ0) is 20.1. The summed E-state index contributed by atoms with van der Waals surface area (Å²) in [7, 11) is 0. The molecule has 10 nitrogen and oxygen atoms in total. The maximum atomic E-state index is 10.0. The average molecular weight is 440 g/mol. The number of aromatic carboxylic acids is 3. The van der Waals surface area contributed by atoms with E-state index in [1.807, 2.05) is 0 Å². The molecular formula is C18H15MnN3O7. The van der Waals surface area contributed by atoms with Crippen molar-refractivity contribution in [3.63, 3.8) is 0 Å². The quantitative estimate of drug-likeness (QED) is 0.400. The molecule has 151 valence electrons. The van der Waals surface area contributed by atoms with Crippen LogP contribution in [-0.4, -0.2) is 38.3 Å². The number of rotatable bonds is 3. The van der Waals surface area contributed by atoms with Crippen molar-refractivity contribution in [3.8, 4) is 0 Å². The van der Waals surface area contributed by atoms with Crippen molar-refractivity contribution in [1.29, 1.82) is 0 Å². The molecular weight excluding hydrogens is 425 g/mol. The number of carboxylic acid groups (broad SMARTS) is 3. The van der Waals surface area contributed by atoms with Gasteiger partial charge in [0.25, 0.3) is 0 Å². The standard InChI is InChI=1S/3C6H5NO2.Mn.H2O/c3*8-6(9)5-3-1-2-4-7-5;;/h3*1-4H,(H,8,9);;1H2/q;;;+2;/p-2. The molecule has 0 spiro atoms. The van der Waals surface area contributed by atoms with Gasteiger partial charge in [0.2, 0.25) is 0 Å². The summed E-state index contributed by atoms with van der Waals surface area (Å²) in [4.78, 5) is 40.6. The van der Waals surface area contributed by atoms with Crippen molar-refractivity contribution in [3.05, 3.63) is 90.3 Å². The van der Waals surface area contributed by atoms with Crippen LogP contribution in [0.15, 0.2) is 73.2 Å². The zero-order valence-corrected chi connectivity index (χ0v) is 15.8. The Balaban J connectivity index is -0.000000347. The van der Waals surface area contributed by atoms with Gasteiger partial charge < -0.3 is 35.2 Å². The third-order valence-corrected chi connectivity index (χ3v) is 2.62. The van der Waals surface area contributed by atoms with E-state index in [0.29, 0.717) is 0 Å². The maximum absolute atomic E-state index is 10.0. The molecule has 29 heavy (non-hydrogen) atoms. The van der Waals surface area contributed by atoms with Gasteiger partial charge in [0.15, 0.2) is 0 Å². The molecule has 11 heteroatoms. The van der Waals surface area contributed by atoms with Crippen molar-refractivity contribution in [2.75, 3.05) is 0 Å². The minimum absolute atomic E-state index is 0. The molecule has 0 bridgehead atoms. The fraction of sp³-hybridized carbons (Fsp3) is 0. The van der Waals surface area contributed by atoms with E-state index in [1.165, 1.54) is 36.8 Å². The molecule has 0 aliphatic carbocycles. The number of nitrogens with zero attached hydrogens (tertiary/aromatic N) is 3. The number of aromatic nitrogens is 3. The summed E-state index contributed by atoms with van der Waals surface area (Å²) in [6.07, 6.45) is 4.22. The van der Waals surface area contributed by atoms with Crippen LogP contribution in [-0.2, 0) is 17.1 Å². The predicted molar refractivity (Wildman–Crippen MR) is 90.4 cm³/mol. The molecule has 0 aliphatic heterocycles. The second-order valence-corrected chi connectivity index (χ2v) is 4.51. The molecule has 0 fully saturated rings. The fourth-order valence-electron chi connectivity index (χ4n) is 1.45. The first-order chi connectivity index (χ1) is 12.9. The van der Waals surface area contributed by atoms with Gasteiger partial charge in [-0.2, -0.15) is 0 Å². The molecule has 3 aromatic rings. The summed E-state index contributed by atoms with van der Waals surface area (Å²) in [5.41, 5.74) is -0.0903. The molecule has 1 radical (unpaired) electrons. The average Bonchev–Trinajstić information content (AvgIpc) is 2.71. The van der Waals surface area contributed by atoms with E-state index in [2.05, 4.69) is 15.0 Å². The second-order valence-electron chi connectivity index (χ2n) is 4.51. The van der Waals surface area contributed by atoms with Gasteiger partial charge in [0.05, 0.1) is 35.0 Å². The van der Waals surface area contributed by atoms with Crippen molar-refractivity contribution in [1.82, 2.24) is 15.0 Å². The van der Waals surface area contributed by atoms with Gasteiger partial charge in [-0.3, -0.25) is 15.0 Å². The minimum atomic E-state index is -1.24. The number of hydrogen-bond donors (Lipinski definition) is 0. The molecule has 0 atom stereocenters. The van der Waals surface area contributed by atoms with E-state index in [0.717, 1.165) is 0 Å². The van der Waals surface area contributed by atoms with Crippen molar-refractivity contribution in [2.45, 2.75) is 0 Å². The summed E-state index contributed by atoms with van der Waals surface area (Å²) < 4.78 is 0. The van der Waals surface area contributed by atoms with E-state index in [4.69, 9.17) is 0 Å². The van der Waals surface area contributed by atoms with Crippen molar-refractivity contribution >= 4 is 17.9 Å². The van der Waals surface area contributed by atoms with Crippen LogP contribution in [0.5, 0.6) is 0 Å². The summed E-state index contributed by atoms with van der Waals surface area (Å²) in [6, 6.07) is 13.9. The van der Waals surface area contributed by atoms with Crippen LogP contribution in [0.25, 0.3) is 0 Å². The second kappa shape index (κ2) is 15.4. The van der Waals surface area contributed by atoms with Gasteiger partial charge in [-0.05, 0) is 36.4 Å². The Labute approximate surface area is 177 Å². The number of carbonyl (C=O) groups is 3. The van der Waals surface area contributed by atoms with Crippen molar-refractivity contribution in [2.24, 2.45) is 0 Å². The third kappa shape index (κ3) is 11.6. The third-order valence-electron chi connectivity index (χ3n) is 2.62. The van der Waals surface area contributed by atoms with E-state index < -0.39 is 17.9 Å². The van der Waals surface area contributed by atoms with Crippen LogP contribution >= 0.6 is 0 Å². The van der Waals surface area contributed by atoms with Crippen LogP contribution < -0.4 is 15.3 Å². The molecule has 3 heterocycles. The Kier molecular flexibility index (Phi) is 14.6.